The Bertz CT molecular complexity index is 445. The molecule has 82 valence electrons. The zero-order valence-electron chi connectivity index (χ0n) is 9.09. The average Bonchev–Trinajstić information content (AvgIpc) is 2.38. The second kappa shape index (κ2) is 5.56. The van der Waals surface area contributed by atoms with Gasteiger partial charge in [0.15, 0.2) is 0 Å². The van der Waals surface area contributed by atoms with E-state index in [0.717, 1.165) is 16.5 Å². The number of benzene rings is 1. The van der Waals surface area contributed by atoms with E-state index in [0.29, 0.717) is 0 Å². The minimum absolute atomic E-state index is 0.852. The van der Waals surface area contributed by atoms with E-state index in [4.69, 9.17) is 4.74 Å². The average molecular weight is 231 g/mol. The van der Waals surface area contributed by atoms with Crippen molar-refractivity contribution in [2.24, 2.45) is 0 Å². The van der Waals surface area contributed by atoms with Crippen LogP contribution in [0.15, 0.2) is 53.7 Å². The van der Waals surface area contributed by atoms with Crippen molar-refractivity contribution in [3.63, 3.8) is 0 Å². The van der Waals surface area contributed by atoms with Crippen LogP contribution < -0.4 is 4.74 Å². The lowest BCUT2D eigenvalue weighted by Gasteiger charge is -2.03. The summed E-state index contributed by atoms with van der Waals surface area (Å²) in [6.07, 6.45) is 1.77. The molecule has 0 radical (unpaired) electrons. The fourth-order valence-corrected chi connectivity index (χ4v) is 2.17. The minimum Gasteiger partial charge on any atom is -0.497 e. The molecule has 16 heavy (non-hydrogen) atoms. The van der Waals surface area contributed by atoms with Crippen LogP contribution in [0, 0.1) is 0 Å². The summed E-state index contributed by atoms with van der Waals surface area (Å²) < 4.78 is 5.15. The van der Waals surface area contributed by atoms with E-state index in [2.05, 4.69) is 29.2 Å². The van der Waals surface area contributed by atoms with Crippen molar-refractivity contribution in [1.82, 2.24) is 4.98 Å². The van der Waals surface area contributed by atoms with Crippen molar-refractivity contribution in [3.8, 4) is 5.75 Å². The third-order valence-corrected chi connectivity index (χ3v) is 3.17. The third kappa shape index (κ3) is 3.00. The molecule has 0 aliphatic carbocycles. The predicted octanol–water partition coefficient (Wildman–Crippen LogP) is 3.38. The summed E-state index contributed by atoms with van der Waals surface area (Å²) in [6, 6.07) is 14.2. The Labute approximate surface area is 99.7 Å². The molecule has 0 bridgehead atoms. The largest absolute Gasteiger partial charge is 0.497 e. The number of nitrogens with zero attached hydrogens (tertiary/aromatic N) is 1. The van der Waals surface area contributed by atoms with Gasteiger partial charge in [0.05, 0.1) is 12.1 Å². The molecular weight excluding hydrogens is 218 g/mol. The van der Waals surface area contributed by atoms with Gasteiger partial charge in [-0.3, -0.25) is 0 Å². The van der Waals surface area contributed by atoms with Crippen LogP contribution >= 0.6 is 11.8 Å². The van der Waals surface area contributed by atoms with Gasteiger partial charge in [0, 0.05) is 18.0 Å². The second-order valence-corrected chi connectivity index (χ2v) is 4.30. The Balaban J connectivity index is 1.99. The number of thioether (sulfide) groups is 1. The predicted molar refractivity (Wildman–Crippen MR) is 66.8 cm³/mol. The molecule has 1 heterocycles. The number of pyridine rings is 1. The maximum atomic E-state index is 5.15. The van der Waals surface area contributed by atoms with Crippen LogP contribution in [0.3, 0.4) is 0 Å². The van der Waals surface area contributed by atoms with Crippen molar-refractivity contribution < 1.29 is 4.74 Å². The van der Waals surface area contributed by atoms with Gasteiger partial charge in [0.25, 0.3) is 0 Å². The van der Waals surface area contributed by atoms with Gasteiger partial charge in [-0.1, -0.05) is 30.3 Å². The molecule has 0 saturated carbocycles. The maximum Gasteiger partial charge on any atom is 0.123 e. The van der Waals surface area contributed by atoms with Crippen molar-refractivity contribution in [2.75, 3.05) is 7.11 Å². The summed E-state index contributed by atoms with van der Waals surface area (Å²) in [4.78, 5) is 4.29. The maximum absolute atomic E-state index is 5.15. The number of hydrogen-bond donors (Lipinski definition) is 0. The summed E-state index contributed by atoms with van der Waals surface area (Å²) in [5, 5.41) is 0.989. The minimum atomic E-state index is 0.852. The molecule has 0 atom stereocenters. The van der Waals surface area contributed by atoms with Crippen molar-refractivity contribution in [1.29, 1.82) is 0 Å². The molecule has 0 unspecified atom stereocenters. The third-order valence-electron chi connectivity index (χ3n) is 2.17. The highest BCUT2D eigenvalue weighted by atomic mass is 32.2. The first-order valence-corrected chi connectivity index (χ1v) is 6.04. The van der Waals surface area contributed by atoms with Gasteiger partial charge in [-0.05, 0) is 11.6 Å². The van der Waals surface area contributed by atoms with Gasteiger partial charge >= 0.3 is 0 Å². The zero-order chi connectivity index (χ0) is 11.2. The van der Waals surface area contributed by atoms with E-state index in [1.54, 1.807) is 25.1 Å². The summed E-state index contributed by atoms with van der Waals surface area (Å²) in [6.45, 7) is 0. The zero-order valence-corrected chi connectivity index (χ0v) is 9.91. The molecule has 0 N–H and O–H groups in total. The van der Waals surface area contributed by atoms with E-state index in [9.17, 15) is 0 Å². The van der Waals surface area contributed by atoms with E-state index >= 15 is 0 Å². The Morgan fingerprint density at radius 1 is 1.19 bits per heavy atom. The van der Waals surface area contributed by atoms with Gasteiger partial charge in [0.2, 0.25) is 0 Å². The molecule has 2 nitrogen and oxygen atoms in total. The lowest BCUT2D eigenvalue weighted by atomic mass is 10.2. The van der Waals surface area contributed by atoms with Crippen LogP contribution in [0.4, 0.5) is 0 Å². The summed E-state index contributed by atoms with van der Waals surface area (Å²) in [7, 11) is 1.67. The lowest BCUT2D eigenvalue weighted by Crippen LogP contribution is -1.86. The van der Waals surface area contributed by atoms with Gasteiger partial charge < -0.3 is 4.74 Å². The fraction of sp³-hybridized carbons (Fsp3) is 0.154. The monoisotopic (exact) mass is 231 g/mol. The van der Waals surface area contributed by atoms with Crippen LogP contribution in [0.2, 0.25) is 0 Å². The standard InChI is InChI=1S/C13H13NOS/c1-15-12-7-8-14-13(9-12)16-10-11-5-3-2-4-6-11/h2-9H,10H2,1H3. The van der Waals surface area contributed by atoms with Gasteiger partial charge in [-0.15, -0.1) is 11.8 Å². The van der Waals surface area contributed by atoms with Crippen LogP contribution in [0.1, 0.15) is 5.56 Å². The molecule has 2 rings (SSSR count). The molecule has 1 aromatic carbocycles. The first-order chi connectivity index (χ1) is 7.88. The van der Waals surface area contributed by atoms with E-state index < -0.39 is 0 Å². The van der Waals surface area contributed by atoms with Crippen molar-refractivity contribution in [3.05, 3.63) is 54.2 Å². The normalized spacial score (nSPS) is 10.1. The van der Waals surface area contributed by atoms with Gasteiger partial charge in [-0.2, -0.15) is 0 Å². The summed E-state index contributed by atoms with van der Waals surface area (Å²) in [5.74, 6) is 1.78. The fourth-order valence-electron chi connectivity index (χ4n) is 1.33. The number of methoxy groups -OCH3 is 1. The molecule has 0 amide bonds. The number of hydrogen-bond acceptors (Lipinski definition) is 3. The molecular formula is C13H13NOS. The number of rotatable bonds is 4. The second-order valence-electron chi connectivity index (χ2n) is 3.31. The molecule has 0 aliphatic rings. The number of aromatic nitrogens is 1. The van der Waals surface area contributed by atoms with Crippen molar-refractivity contribution >= 4 is 11.8 Å². The van der Waals surface area contributed by atoms with E-state index in [1.807, 2.05) is 18.2 Å². The molecule has 0 saturated heterocycles. The number of ether oxygens (including phenoxy) is 1. The van der Waals surface area contributed by atoms with E-state index in [1.165, 1.54) is 5.56 Å². The Morgan fingerprint density at radius 3 is 2.75 bits per heavy atom. The highest BCUT2D eigenvalue weighted by Crippen LogP contribution is 2.23. The smallest absolute Gasteiger partial charge is 0.123 e. The van der Waals surface area contributed by atoms with Crippen LogP contribution in [-0.2, 0) is 5.75 Å². The first kappa shape index (κ1) is 11.0. The van der Waals surface area contributed by atoms with Crippen LogP contribution in [0.25, 0.3) is 0 Å². The van der Waals surface area contributed by atoms with Crippen LogP contribution in [0.5, 0.6) is 5.75 Å². The quantitative estimate of drug-likeness (QED) is 0.753. The Hall–Kier alpha value is -1.48. The SMILES string of the molecule is COc1ccnc(SCc2ccccc2)c1. The molecule has 2 aromatic rings. The molecule has 0 aliphatic heterocycles. The molecule has 1 aromatic heterocycles. The topological polar surface area (TPSA) is 22.1 Å². The molecule has 0 fully saturated rings. The van der Waals surface area contributed by atoms with Crippen molar-refractivity contribution in [2.45, 2.75) is 10.8 Å². The highest BCUT2D eigenvalue weighted by molar-refractivity contribution is 7.98. The highest BCUT2D eigenvalue weighted by Gasteiger charge is 1.99. The van der Waals surface area contributed by atoms with E-state index in [-0.39, 0.29) is 0 Å². The van der Waals surface area contributed by atoms with Crippen LogP contribution in [-0.4, -0.2) is 12.1 Å². The summed E-state index contributed by atoms with van der Waals surface area (Å²) >= 11 is 1.71. The van der Waals surface area contributed by atoms with Gasteiger partial charge in [0.1, 0.15) is 5.75 Å². The van der Waals surface area contributed by atoms with Gasteiger partial charge in [-0.25, -0.2) is 4.98 Å². The first-order valence-electron chi connectivity index (χ1n) is 5.05. The Morgan fingerprint density at radius 2 is 2.00 bits per heavy atom. The Kier molecular flexibility index (Phi) is 3.83. The molecule has 3 heteroatoms. The molecule has 0 spiro atoms. The summed E-state index contributed by atoms with van der Waals surface area (Å²) in [5.41, 5.74) is 1.30. The lowest BCUT2D eigenvalue weighted by molar-refractivity contribution is 0.412.